The average molecular weight is 278 g/mol. The van der Waals surface area contributed by atoms with Crippen LogP contribution in [0.15, 0.2) is 11.6 Å². The predicted octanol–water partition coefficient (Wildman–Crippen LogP) is 2.62. The molecule has 0 aromatic heterocycles. The number of ether oxygens (including phenoxy) is 1. The Labute approximate surface area is 120 Å². The number of esters is 1. The first kappa shape index (κ1) is 18.1. The van der Waals surface area contributed by atoms with Crippen LogP contribution in [0.1, 0.15) is 51.4 Å². The van der Waals surface area contributed by atoms with Gasteiger partial charge in [0.15, 0.2) is 0 Å². The fourth-order valence-corrected chi connectivity index (χ4v) is 1.72. The third-order valence-electron chi connectivity index (χ3n) is 2.83. The van der Waals surface area contributed by atoms with Gasteiger partial charge in [-0.3, -0.25) is 0 Å². The summed E-state index contributed by atoms with van der Waals surface area (Å²) in [7, 11) is 0. The maximum absolute atomic E-state index is 11.3. The number of carbonyl (C=O) groups is 1. The van der Waals surface area contributed by atoms with Gasteiger partial charge in [-0.25, -0.2) is 4.79 Å². The lowest BCUT2D eigenvalue weighted by atomic mass is 10.1. The molecule has 0 radical (unpaired) electrons. The molecule has 0 saturated heterocycles. The van der Waals surface area contributed by atoms with Gasteiger partial charge in [-0.15, -0.1) is 0 Å². The number of aliphatic hydroxyl groups is 1. The van der Waals surface area contributed by atoms with Crippen LogP contribution < -0.4 is 0 Å². The Morgan fingerprint density at radius 2 is 1.55 bits per heavy atom. The second-order valence-electron chi connectivity index (χ2n) is 4.49. The van der Waals surface area contributed by atoms with Crippen molar-refractivity contribution < 1.29 is 14.6 Å². The van der Waals surface area contributed by atoms with Crippen LogP contribution in [0.25, 0.3) is 0 Å². The summed E-state index contributed by atoms with van der Waals surface area (Å²) in [6, 6.07) is 3.27. The molecular formula is C15H22N2O3. The minimum absolute atomic E-state index is 0.253. The van der Waals surface area contributed by atoms with Crippen molar-refractivity contribution in [3.63, 3.8) is 0 Å². The summed E-state index contributed by atoms with van der Waals surface area (Å²) < 4.78 is 4.90. The van der Waals surface area contributed by atoms with Crippen molar-refractivity contribution in [3.8, 4) is 12.1 Å². The molecule has 0 unspecified atom stereocenters. The number of nitriles is 2. The van der Waals surface area contributed by atoms with Crippen molar-refractivity contribution in [3.05, 3.63) is 11.6 Å². The van der Waals surface area contributed by atoms with E-state index in [-0.39, 0.29) is 18.8 Å². The van der Waals surface area contributed by atoms with Crippen LogP contribution in [-0.4, -0.2) is 24.3 Å². The number of nitrogens with zero attached hydrogens (tertiary/aromatic N) is 2. The second-order valence-corrected chi connectivity index (χ2v) is 4.49. The molecule has 110 valence electrons. The standard InChI is InChI=1S/C15H22N2O3/c16-10-9-14(13-17)15(19)20-12-8-6-4-2-1-3-5-7-11-18/h9,18H,1-8,11-12H2. The van der Waals surface area contributed by atoms with Crippen molar-refractivity contribution in [2.75, 3.05) is 13.2 Å². The molecule has 0 rings (SSSR count). The Morgan fingerprint density at radius 3 is 2.05 bits per heavy atom. The van der Waals surface area contributed by atoms with Crippen LogP contribution in [0, 0.1) is 22.7 Å². The van der Waals surface area contributed by atoms with Crippen LogP contribution in [0.2, 0.25) is 0 Å². The highest BCUT2D eigenvalue weighted by molar-refractivity contribution is 5.93. The van der Waals surface area contributed by atoms with E-state index >= 15 is 0 Å². The van der Waals surface area contributed by atoms with Crippen molar-refractivity contribution >= 4 is 5.97 Å². The maximum Gasteiger partial charge on any atom is 0.349 e. The normalized spacial score (nSPS) is 10.7. The molecule has 0 aromatic rings. The summed E-state index contributed by atoms with van der Waals surface area (Å²) in [4.78, 5) is 11.3. The van der Waals surface area contributed by atoms with E-state index in [2.05, 4.69) is 0 Å². The number of allylic oxidation sites excluding steroid dienone is 1. The van der Waals surface area contributed by atoms with Gasteiger partial charge in [0, 0.05) is 12.7 Å². The Bertz CT molecular complexity index is 378. The molecule has 0 fully saturated rings. The topological polar surface area (TPSA) is 94.1 Å². The van der Waals surface area contributed by atoms with E-state index < -0.39 is 5.97 Å². The molecule has 20 heavy (non-hydrogen) atoms. The summed E-state index contributed by atoms with van der Waals surface area (Å²) in [5, 5.41) is 25.6. The first-order valence-electron chi connectivity index (χ1n) is 7.04. The lowest BCUT2D eigenvalue weighted by molar-refractivity contribution is -0.138. The fraction of sp³-hybridized carbons (Fsp3) is 0.667. The Morgan fingerprint density at radius 1 is 1.00 bits per heavy atom. The van der Waals surface area contributed by atoms with Gasteiger partial charge in [0.05, 0.1) is 12.7 Å². The Hall–Kier alpha value is -1.85. The summed E-state index contributed by atoms with van der Waals surface area (Å²) in [5.74, 6) is -0.724. The number of rotatable bonds is 11. The van der Waals surface area contributed by atoms with E-state index in [1.165, 1.54) is 6.42 Å². The minimum atomic E-state index is -0.724. The first-order valence-corrected chi connectivity index (χ1v) is 7.04. The summed E-state index contributed by atoms with van der Waals surface area (Å²) >= 11 is 0. The van der Waals surface area contributed by atoms with Crippen molar-refractivity contribution in [1.82, 2.24) is 0 Å². The zero-order chi connectivity index (χ0) is 15.1. The molecule has 0 aliphatic carbocycles. The van der Waals surface area contributed by atoms with Crippen LogP contribution in [-0.2, 0) is 9.53 Å². The van der Waals surface area contributed by atoms with Gasteiger partial charge in [0.1, 0.15) is 11.6 Å². The highest BCUT2D eigenvalue weighted by Crippen LogP contribution is 2.08. The van der Waals surface area contributed by atoms with Gasteiger partial charge in [-0.2, -0.15) is 10.5 Å². The number of hydrogen-bond acceptors (Lipinski definition) is 5. The monoisotopic (exact) mass is 278 g/mol. The molecule has 1 N–H and O–H groups in total. The van der Waals surface area contributed by atoms with Gasteiger partial charge in [0.25, 0.3) is 0 Å². The number of aliphatic hydroxyl groups excluding tert-OH is 1. The third kappa shape index (κ3) is 10.1. The maximum atomic E-state index is 11.3. The van der Waals surface area contributed by atoms with E-state index in [4.69, 9.17) is 20.4 Å². The Kier molecular flexibility index (Phi) is 12.3. The summed E-state index contributed by atoms with van der Waals surface area (Å²) in [6.45, 7) is 0.560. The molecule has 5 nitrogen and oxygen atoms in total. The van der Waals surface area contributed by atoms with Gasteiger partial charge < -0.3 is 9.84 Å². The van der Waals surface area contributed by atoms with Crippen molar-refractivity contribution in [2.24, 2.45) is 0 Å². The molecule has 0 aliphatic rings. The van der Waals surface area contributed by atoms with Crippen LogP contribution in [0.4, 0.5) is 0 Å². The zero-order valence-electron chi connectivity index (χ0n) is 11.8. The number of hydrogen-bond donors (Lipinski definition) is 1. The molecule has 0 atom stereocenters. The number of carbonyl (C=O) groups excluding carboxylic acids is 1. The van der Waals surface area contributed by atoms with Crippen LogP contribution >= 0.6 is 0 Å². The Balaban J connectivity index is 3.45. The van der Waals surface area contributed by atoms with Gasteiger partial charge in [-0.05, 0) is 12.8 Å². The molecule has 0 spiro atoms. The van der Waals surface area contributed by atoms with Gasteiger partial charge in [-0.1, -0.05) is 38.5 Å². The van der Waals surface area contributed by atoms with Crippen LogP contribution in [0.5, 0.6) is 0 Å². The minimum Gasteiger partial charge on any atom is -0.462 e. The van der Waals surface area contributed by atoms with Crippen molar-refractivity contribution in [2.45, 2.75) is 51.4 Å². The molecular weight excluding hydrogens is 256 g/mol. The highest BCUT2D eigenvalue weighted by Gasteiger charge is 2.09. The lowest BCUT2D eigenvalue weighted by Gasteiger charge is -2.03. The van der Waals surface area contributed by atoms with E-state index in [1.54, 1.807) is 12.1 Å². The average Bonchev–Trinajstić information content (AvgIpc) is 2.46. The SMILES string of the molecule is N#CC=C(C#N)C(=O)OCCCCCCCCCCO. The third-order valence-corrected chi connectivity index (χ3v) is 2.83. The predicted molar refractivity (Wildman–Crippen MR) is 74.3 cm³/mol. The molecule has 0 aromatic carbocycles. The molecule has 0 saturated carbocycles. The molecule has 0 bridgehead atoms. The second kappa shape index (κ2) is 13.6. The number of unbranched alkanes of at least 4 members (excludes halogenated alkanes) is 7. The lowest BCUT2D eigenvalue weighted by Crippen LogP contribution is -2.07. The fourth-order valence-electron chi connectivity index (χ4n) is 1.72. The van der Waals surface area contributed by atoms with Crippen LogP contribution in [0.3, 0.4) is 0 Å². The van der Waals surface area contributed by atoms with E-state index in [1.807, 2.05) is 0 Å². The van der Waals surface area contributed by atoms with Crippen molar-refractivity contribution in [1.29, 1.82) is 10.5 Å². The molecule has 0 amide bonds. The highest BCUT2D eigenvalue weighted by atomic mass is 16.5. The van der Waals surface area contributed by atoms with Gasteiger partial charge in [0.2, 0.25) is 0 Å². The largest absolute Gasteiger partial charge is 0.462 e. The quantitative estimate of drug-likeness (QED) is 0.271. The zero-order valence-corrected chi connectivity index (χ0v) is 11.8. The van der Waals surface area contributed by atoms with Gasteiger partial charge >= 0.3 is 5.97 Å². The van der Waals surface area contributed by atoms with E-state index in [0.717, 1.165) is 51.0 Å². The summed E-state index contributed by atoms with van der Waals surface area (Å²) in [6.07, 6.45) is 9.18. The smallest absolute Gasteiger partial charge is 0.349 e. The van der Waals surface area contributed by atoms with E-state index in [9.17, 15) is 4.79 Å². The molecule has 0 heterocycles. The first-order chi connectivity index (χ1) is 9.76. The summed E-state index contributed by atoms with van der Waals surface area (Å²) in [5.41, 5.74) is -0.253. The molecule has 5 heteroatoms. The molecule has 0 aliphatic heterocycles. The van der Waals surface area contributed by atoms with E-state index in [0.29, 0.717) is 0 Å².